The van der Waals surface area contributed by atoms with Crippen molar-refractivity contribution in [1.82, 2.24) is 14.8 Å². The van der Waals surface area contributed by atoms with E-state index in [0.29, 0.717) is 36.6 Å². The minimum absolute atomic E-state index is 0.0483. The van der Waals surface area contributed by atoms with Crippen LogP contribution in [0, 0.1) is 5.82 Å². The largest absolute Gasteiger partial charge is 0.385 e. The Balaban J connectivity index is 1.58. The van der Waals surface area contributed by atoms with Crippen LogP contribution in [0.2, 0.25) is 0 Å². The van der Waals surface area contributed by atoms with Gasteiger partial charge < -0.3 is 20.1 Å². The van der Waals surface area contributed by atoms with Crippen LogP contribution in [-0.4, -0.2) is 41.4 Å². The van der Waals surface area contributed by atoms with Crippen molar-refractivity contribution < 1.29 is 14.0 Å². The van der Waals surface area contributed by atoms with Gasteiger partial charge in [0.2, 0.25) is 5.91 Å². The summed E-state index contributed by atoms with van der Waals surface area (Å²) >= 11 is 0. The lowest BCUT2D eigenvalue weighted by Gasteiger charge is -2.18. The Morgan fingerprint density at radius 1 is 1.06 bits per heavy atom. The number of aryl methyl sites for hydroxylation is 1. The number of carbonyl (C=O) groups is 2. The fraction of sp³-hybridized carbons (Fsp3) is 0.280. The summed E-state index contributed by atoms with van der Waals surface area (Å²) in [5.74, 6) is -0.408. The number of halogens is 1. The molecule has 0 bridgehead atoms. The Morgan fingerprint density at radius 3 is 2.44 bits per heavy atom. The van der Waals surface area contributed by atoms with Crippen LogP contribution in [0.25, 0.3) is 11.1 Å². The lowest BCUT2D eigenvalue weighted by molar-refractivity contribution is -0.118. The molecule has 7 heteroatoms. The van der Waals surface area contributed by atoms with Crippen molar-refractivity contribution in [2.24, 2.45) is 7.05 Å². The van der Waals surface area contributed by atoms with E-state index in [1.807, 2.05) is 49.6 Å². The first-order chi connectivity index (χ1) is 15.3. The highest BCUT2D eigenvalue weighted by Gasteiger charge is 2.15. The number of hydrogen-bond donors (Lipinski definition) is 2. The van der Waals surface area contributed by atoms with Gasteiger partial charge in [-0.2, -0.15) is 0 Å². The number of nitrogens with one attached hydrogen (secondary N) is 2. The number of nitrogens with zero attached hydrogens (tertiary/aromatic N) is 2. The Hall–Kier alpha value is -3.61. The zero-order valence-electron chi connectivity index (χ0n) is 18.7. The predicted molar refractivity (Wildman–Crippen MR) is 125 cm³/mol. The minimum Gasteiger partial charge on any atom is -0.385 e. The van der Waals surface area contributed by atoms with Crippen molar-refractivity contribution in [1.29, 1.82) is 0 Å². The number of amides is 2. The van der Waals surface area contributed by atoms with Gasteiger partial charge in [0.1, 0.15) is 11.5 Å². The Morgan fingerprint density at radius 2 is 1.81 bits per heavy atom. The maximum absolute atomic E-state index is 14.7. The molecule has 2 amide bonds. The van der Waals surface area contributed by atoms with E-state index in [-0.39, 0.29) is 17.6 Å². The van der Waals surface area contributed by atoms with Gasteiger partial charge in [0, 0.05) is 58.1 Å². The molecule has 3 aromatic rings. The third-order valence-electron chi connectivity index (χ3n) is 5.22. The molecule has 2 N–H and O–H groups in total. The van der Waals surface area contributed by atoms with E-state index in [2.05, 4.69) is 10.6 Å². The summed E-state index contributed by atoms with van der Waals surface area (Å²) in [4.78, 5) is 25.1. The van der Waals surface area contributed by atoms with Gasteiger partial charge in [-0.25, -0.2) is 4.39 Å². The van der Waals surface area contributed by atoms with Gasteiger partial charge in [-0.05, 0) is 47.9 Å². The van der Waals surface area contributed by atoms with Crippen molar-refractivity contribution in [3.63, 3.8) is 0 Å². The summed E-state index contributed by atoms with van der Waals surface area (Å²) in [6.45, 7) is 3.18. The van der Waals surface area contributed by atoms with Crippen molar-refractivity contribution in [3.8, 4) is 11.1 Å². The summed E-state index contributed by atoms with van der Waals surface area (Å²) in [5, 5.41) is 5.89. The summed E-state index contributed by atoms with van der Waals surface area (Å²) in [6, 6.07) is 16.3. The lowest BCUT2D eigenvalue weighted by atomic mass is 10.0. The second kappa shape index (κ2) is 10.6. The summed E-state index contributed by atoms with van der Waals surface area (Å²) in [6.07, 6.45) is 2.60. The Bertz CT molecular complexity index is 1080. The van der Waals surface area contributed by atoms with Crippen molar-refractivity contribution in [3.05, 3.63) is 77.9 Å². The van der Waals surface area contributed by atoms with E-state index in [0.717, 1.165) is 17.5 Å². The topological polar surface area (TPSA) is 66.4 Å². The maximum atomic E-state index is 14.7. The average molecular weight is 437 g/mol. The predicted octanol–water partition coefficient (Wildman–Crippen LogP) is 4.04. The molecule has 0 saturated heterocycles. The zero-order chi connectivity index (χ0) is 23.1. The molecule has 0 radical (unpaired) electrons. The molecular formula is C25H29FN4O2. The van der Waals surface area contributed by atoms with Crippen LogP contribution in [0.3, 0.4) is 0 Å². The van der Waals surface area contributed by atoms with Crippen molar-refractivity contribution >= 4 is 17.5 Å². The average Bonchev–Trinajstić information content (AvgIpc) is 3.19. The van der Waals surface area contributed by atoms with Crippen LogP contribution in [0.15, 0.2) is 60.8 Å². The first kappa shape index (κ1) is 23.1. The van der Waals surface area contributed by atoms with Crippen LogP contribution in [0.1, 0.15) is 29.4 Å². The first-order valence-corrected chi connectivity index (χ1v) is 10.6. The summed E-state index contributed by atoms with van der Waals surface area (Å²) in [5.41, 5.74) is 3.60. The van der Waals surface area contributed by atoms with Gasteiger partial charge in [0.05, 0.1) is 0 Å². The molecule has 3 rings (SSSR count). The molecule has 32 heavy (non-hydrogen) atoms. The van der Waals surface area contributed by atoms with Gasteiger partial charge in [0.15, 0.2) is 0 Å². The van der Waals surface area contributed by atoms with E-state index < -0.39 is 0 Å². The van der Waals surface area contributed by atoms with E-state index in [9.17, 15) is 14.0 Å². The number of aromatic nitrogens is 1. The van der Waals surface area contributed by atoms with Crippen LogP contribution in [0.4, 0.5) is 10.1 Å². The molecule has 2 aromatic carbocycles. The molecule has 1 aromatic heterocycles. The molecule has 6 nitrogen and oxygen atoms in total. The van der Waals surface area contributed by atoms with Crippen molar-refractivity contribution in [2.75, 3.05) is 25.5 Å². The van der Waals surface area contributed by atoms with Crippen LogP contribution < -0.4 is 10.6 Å². The second-order valence-electron chi connectivity index (χ2n) is 7.82. The highest BCUT2D eigenvalue weighted by Crippen LogP contribution is 2.26. The van der Waals surface area contributed by atoms with Crippen LogP contribution >= 0.6 is 0 Å². The summed E-state index contributed by atoms with van der Waals surface area (Å²) in [7, 11) is 3.61. The number of benzene rings is 2. The van der Waals surface area contributed by atoms with Gasteiger partial charge in [0.25, 0.3) is 5.91 Å². The fourth-order valence-electron chi connectivity index (χ4n) is 3.46. The van der Waals surface area contributed by atoms with E-state index in [1.54, 1.807) is 28.6 Å². The molecule has 0 unspecified atom stereocenters. The number of rotatable bonds is 9. The third kappa shape index (κ3) is 5.97. The minimum atomic E-state index is -0.305. The summed E-state index contributed by atoms with van der Waals surface area (Å²) < 4.78 is 16.5. The standard InChI is InChI=1S/C25H29FN4O2/c1-18(31)27-13-5-14-28-21-11-12-22(23(26)16-21)20-9-7-19(8-10-20)17-30(3)25(32)24-6-4-15-29(24)2/h4,6-12,15-16,28H,5,13-14,17H2,1-3H3,(H,27,31). The van der Waals surface area contributed by atoms with Crippen molar-refractivity contribution in [2.45, 2.75) is 19.9 Å². The molecule has 0 atom stereocenters. The smallest absolute Gasteiger partial charge is 0.270 e. The molecule has 168 valence electrons. The Labute approximate surface area is 188 Å². The molecule has 0 spiro atoms. The first-order valence-electron chi connectivity index (χ1n) is 10.6. The molecule has 0 aliphatic rings. The van der Waals surface area contributed by atoms with E-state index >= 15 is 0 Å². The van der Waals surface area contributed by atoms with E-state index in [1.165, 1.54) is 13.0 Å². The molecule has 1 heterocycles. The molecule has 0 fully saturated rings. The number of carbonyl (C=O) groups excluding carboxylic acids is 2. The van der Waals surface area contributed by atoms with Crippen LogP contribution in [0.5, 0.6) is 0 Å². The zero-order valence-corrected chi connectivity index (χ0v) is 18.7. The van der Waals surface area contributed by atoms with Gasteiger partial charge in [-0.15, -0.1) is 0 Å². The monoisotopic (exact) mass is 436 g/mol. The van der Waals surface area contributed by atoms with Crippen LogP contribution in [-0.2, 0) is 18.4 Å². The quantitative estimate of drug-likeness (QED) is 0.498. The SMILES string of the molecule is CC(=O)NCCCNc1ccc(-c2ccc(CN(C)C(=O)c3cccn3C)cc2)c(F)c1. The van der Waals surface area contributed by atoms with Gasteiger partial charge in [-0.3, -0.25) is 9.59 Å². The lowest BCUT2D eigenvalue weighted by Crippen LogP contribution is -2.27. The maximum Gasteiger partial charge on any atom is 0.270 e. The normalized spacial score (nSPS) is 10.6. The molecule has 0 aliphatic carbocycles. The van der Waals surface area contributed by atoms with Gasteiger partial charge >= 0.3 is 0 Å². The second-order valence-corrected chi connectivity index (χ2v) is 7.82. The molecule has 0 saturated carbocycles. The molecule has 0 aliphatic heterocycles. The third-order valence-corrected chi connectivity index (χ3v) is 5.22. The number of hydrogen-bond acceptors (Lipinski definition) is 3. The molecular weight excluding hydrogens is 407 g/mol. The Kier molecular flexibility index (Phi) is 7.65. The highest BCUT2D eigenvalue weighted by atomic mass is 19.1. The number of anilines is 1. The van der Waals surface area contributed by atoms with E-state index in [4.69, 9.17) is 0 Å². The highest BCUT2D eigenvalue weighted by molar-refractivity contribution is 5.92. The fourth-order valence-corrected chi connectivity index (χ4v) is 3.46. The van der Waals surface area contributed by atoms with Gasteiger partial charge in [-0.1, -0.05) is 24.3 Å².